The van der Waals surface area contributed by atoms with Gasteiger partial charge in [0.1, 0.15) is 29.7 Å². The smallest absolute Gasteiger partial charge is 0.323 e. The van der Waals surface area contributed by atoms with Crippen LogP contribution in [0.4, 0.5) is 0 Å². The molecule has 1 N–H and O–H groups in total. The van der Waals surface area contributed by atoms with E-state index in [1.807, 2.05) is 24.3 Å². The number of ether oxygens (including phenoxy) is 3. The minimum atomic E-state index is -0.313. The van der Waals surface area contributed by atoms with Crippen molar-refractivity contribution in [1.29, 1.82) is 0 Å². The molecular weight excluding hydrogens is 523 g/mol. The van der Waals surface area contributed by atoms with Crippen molar-refractivity contribution in [3.8, 4) is 11.5 Å². The molecule has 0 fully saturated rings. The number of esters is 1. The van der Waals surface area contributed by atoms with Crippen LogP contribution in [0.1, 0.15) is 53.4 Å². The number of carbonyl (C=O) groups is 1. The van der Waals surface area contributed by atoms with Crippen LogP contribution >= 0.6 is 23.2 Å². The number of likely N-dealkylation sites (N-methyl/N-ethyl adjacent to an activating group) is 1. The summed E-state index contributed by atoms with van der Waals surface area (Å²) >= 11 is 12.3. The van der Waals surface area contributed by atoms with Gasteiger partial charge in [0.05, 0.1) is 17.2 Å². The second kappa shape index (κ2) is 11.5. The SMILES string of the molecule is CC[C@@H](Oc1ccc([C@H]2CN(C)Cc3cc4c(cc3O2)CN[C@H](C(=O)OC)C4)cc1)c1ccc(Cl)c(Cl)c1. The number of rotatable bonds is 6. The molecule has 2 heterocycles. The molecule has 2 aliphatic heterocycles. The third kappa shape index (κ3) is 5.79. The van der Waals surface area contributed by atoms with Crippen LogP contribution in [-0.4, -0.2) is 37.6 Å². The van der Waals surface area contributed by atoms with Crippen molar-refractivity contribution in [3.05, 3.63) is 92.5 Å². The molecule has 6 nitrogen and oxygen atoms in total. The summed E-state index contributed by atoms with van der Waals surface area (Å²) in [5.74, 6) is 1.45. The van der Waals surface area contributed by atoms with E-state index in [4.69, 9.17) is 37.4 Å². The van der Waals surface area contributed by atoms with Gasteiger partial charge in [0.2, 0.25) is 0 Å². The van der Waals surface area contributed by atoms with E-state index in [1.54, 1.807) is 6.07 Å². The third-order valence-corrected chi connectivity index (χ3v) is 7.97. The van der Waals surface area contributed by atoms with Crippen LogP contribution in [0.2, 0.25) is 10.0 Å². The molecule has 3 atom stereocenters. The second-order valence-corrected chi connectivity index (χ2v) is 10.8. The minimum absolute atomic E-state index is 0.121. The molecule has 0 aromatic heterocycles. The Morgan fingerprint density at radius 1 is 1.08 bits per heavy atom. The van der Waals surface area contributed by atoms with Gasteiger partial charge in [-0.05, 0) is 72.5 Å². The summed E-state index contributed by atoms with van der Waals surface area (Å²) in [7, 11) is 3.53. The first-order valence-electron chi connectivity index (χ1n) is 12.9. The van der Waals surface area contributed by atoms with E-state index in [9.17, 15) is 4.79 Å². The highest BCUT2D eigenvalue weighted by molar-refractivity contribution is 6.42. The Labute approximate surface area is 233 Å². The molecule has 200 valence electrons. The highest BCUT2D eigenvalue weighted by Crippen LogP contribution is 2.36. The molecule has 0 saturated heterocycles. The van der Waals surface area contributed by atoms with Gasteiger partial charge in [-0.25, -0.2) is 0 Å². The summed E-state index contributed by atoms with van der Waals surface area (Å²) < 4.78 is 17.8. The molecule has 0 amide bonds. The molecular formula is C30H32Cl2N2O4. The van der Waals surface area contributed by atoms with E-state index in [2.05, 4.69) is 48.5 Å². The van der Waals surface area contributed by atoms with Crippen LogP contribution in [0.25, 0.3) is 0 Å². The monoisotopic (exact) mass is 554 g/mol. The fourth-order valence-corrected chi connectivity index (χ4v) is 5.47. The van der Waals surface area contributed by atoms with Gasteiger partial charge in [0.15, 0.2) is 0 Å². The molecule has 8 heteroatoms. The average Bonchev–Trinajstić information content (AvgIpc) is 3.09. The predicted molar refractivity (Wildman–Crippen MR) is 149 cm³/mol. The number of nitrogens with one attached hydrogen (secondary N) is 1. The van der Waals surface area contributed by atoms with E-state index in [-0.39, 0.29) is 24.2 Å². The van der Waals surface area contributed by atoms with Gasteiger partial charge < -0.3 is 19.5 Å². The zero-order valence-corrected chi connectivity index (χ0v) is 23.3. The Kier molecular flexibility index (Phi) is 8.15. The molecule has 38 heavy (non-hydrogen) atoms. The summed E-state index contributed by atoms with van der Waals surface area (Å²) in [5.41, 5.74) is 5.53. The number of benzene rings is 3. The second-order valence-electron chi connectivity index (χ2n) is 9.95. The average molecular weight is 556 g/mol. The van der Waals surface area contributed by atoms with Gasteiger partial charge in [0.25, 0.3) is 0 Å². The lowest BCUT2D eigenvalue weighted by molar-refractivity contribution is -0.143. The molecule has 0 saturated carbocycles. The first kappa shape index (κ1) is 26.8. The van der Waals surface area contributed by atoms with Crippen LogP contribution in [0.15, 0.2) is 54.6 Å². The van der Waals surface area contributed by atoms with Crippen molar-refractivity contribution >= 4 is 29.2 Å². The maximum Gasteiger partial charge on any atom is 0.323 e. The van der Waals surface area contributed by atoms with Crippen LogP contribution < -0.4 is 14.8 Å². The number of halogens is 2. The van der Waals surface area contributed by atoms with Crippen molar-refractivity contribution in [2.24, 2.45) is 0 Å². The summed E-state index contributed by atoms with van der Waals surface area (Å²) in [6.45, 7) is 4.22. The zero-order chi connectivity index (χ0) is 26.8. The fourth-order valence-electron chi connectivity index (χ4n) is 5.17. The molecule has 0 unspecified atom stereocenters. The van der Waals surface area contributed by atoms with Gasteiger partial charge in [-0.15, -0.1) is 0 Å². The topological polar surface area (TPSA) is 60.0 Å². The number of hydrogen-bond donors (Lipinski definition) is 1. The molecule has 0 radical (unpaired) electrons. The quantitative estimate of drug-likeness (QED) is 0.362. The molecule has 3 aromatic rings. The fraction of sp³-hybridized carbons (Fsp3) is 0.367. The summed E-state index contributed by atoms with van der Waals surface area (Å²) in [6.07, 6.45) is 1.17. The Balaban J connectivity index is 1.32. The number of carbonyl (C=O) groups excluding carboxylic acids is 1. The maximum absolute atomic E-state index is 12.0. The van der Waals surface area contributed by atoms with Gasteiger partial charge in [0, 0.05) is 25.2 Å². The lowest BCUT2D eigenvalue weighted by Crippen LogP contribution is -2.42. The van der Waals surface area contributed by atoms with Crippen molar-refractivity contribution in [2.75, 3.05) is 20.7 Å². The Bertz CT molecular complexity index is 1310. The number of hydrogen-bond acceptors (Lipinski definition) is 6. The molecule has 0 bridgehead atoms. The maximum atomic E-state index is 12.0. The summed E-state index contributed by atoms with van der Waals surface area (Å²) in [4.78, 5) is 14.3. The predicted octanol–water partition coefficient (Wildman–Crippen LogP) is 6.28. The third-order valence-electron chi connectivity index (χ3n) is 7.23. The highest BCUT2D eigenvalue weighted by atomic mass is 35.5. The van der Waals surface area contributed by atoms with Crippen molar-refractivity contribution < 1.29 is 19.0 Å². The number of fused-ring (bicyclic) bond motifs is 2. The number of methoxy groups -OCH3 is 1. The van der Waals surface area contributed by atoms with Gasteiger partial charge in [-0.2, -0.15) is 0 Å². The van der Waals surface area contributed by atoms with E-state index < -0.39 is 0 Å². The van der Waals surface area contributed by atoms with E-state index in [0.29, 0.717) is 23.0 Å². The van der Waals surface area contributed by atoms with Crippen LogP contribution in [-0.2, 0) is 29.0 Å². The van der Waals surface area contributed by atoms with Gasteiger partial charge in [-0.3, -0.25) is 9.69 Å². The zero-order valence-electron chi connectivity index (χ0n) is 21.8. The minimum Gasteiger partial charge on any atom is -0.486 e. The standard InChI is InChI=1S/C30H32Cl2N2O4/c1-4-27(19-7-10-24(31)25(32)12-19)37-23-8-5-18(6-9-23)29-17-34(2)16-22-11-20-13-26(30(35)36-3)33-15-21(20)14-28(22)38-29/h5-12,14,26-27,29,33H,4,13,15-17H2,1-3H3/t26-,27+,29+/m0/s1. The number of nitrogens with zero attached hydrogens (tertiary/aromatic N) is 1. The van der Waals surface area contributed by atoms with Crippen LogP contribution in [0, 0.1) is 0 Å². The Morgan fingerprint density at radius 3 is 2.58 bits per heavy atom. The normalized spacial score (nSPS) is 19.9. The van der Waals surface area contributed by atoms with E-state index in [1.165, 1.54) is 12.7 Å². The van der Waals surface area contributed by atoms with Crippen molar-refractivity contribution in [2.45, 2.75) is 51.1 Å². The largest absolute Gasteiger partial charge is 0.486 e. The molecule has 0 aliphatic carbocycles. The van der Waals surface area contributed by atoms with Gasteiger partial charge >= 0.3 is 5.97 Å². The van der Waals surface area contributed by atoms with Crippen LogP contribution in [0.5, 0.6) is 11.5 Å². The summed E-state index contributed by atoms with van der Waals surface area (Å²) in [5, 5.41) is 4.33. The molecule has 2 aliphatic rings. The lowest BCUT2D eigenvalue weighted by Gasteiger charge is -2.26. The molecule has 5 rings (SSSR count). The summed E-state index contributed by atoms with van der Waals surface area (Å²) in [6, 6.07) is 17.7. The molecule has 3 aromatic carbocycles. The Hall–Kier alpha value is -2.77. The van der Waals surface area contributed by atoms with Crippen LogP contribution in [0.3, 0.4) is 0 Å². The van der Waals surface area contributed by atoms with E-state index in [0.717, 1.165) is 53.3 Å². The molecule has 0 spiro atoms. The van der Waals surface area contributed by atoms with Gasteiger partial charge in [-0.1, -0.05) is 54.4 Å². The lowest BCUT2D eigenvalue weighted by atomic mass is 9.93. The van der Waals surface area contributed by atoms with Crippen molar-refractivity contribution in [3.63, 3.8) is 0 Å². The highest BCUT2D eigenvalue weighted by Gasteiger charge is 2.29. The van der Waals surface area contributed by atoms with E-state index >= 15 is 0 Å². The Morgan fingerprint density at radius 2 is 1.87 bits per heavy atom. The van der Waals surface area contributed by atoms with Crippen molar-refractivity contribution in [1.82, 2.24) is 10.2 Å². The first-order valence-corrected chi connectivity index (χ1v) is 13.6. The first-order chi connectivity index (χ1) is 18.3.